The van der Waals surface area contributed by atoms with E-state index in [1.54, 1.807) is 6.08 Å². The van der Waals surface area contributed by atoms with Gasteiger partial charge in [-0.05, 0) is 25.7 Å². The summed E-state index contributed by atoms with van der Waals surface area (Å²) in [6.45, 7) is 5.76. The number of hydrogen-bond donors (Lipinski definition) is 1. The molecule has 1 heteroatoms. The molecule has 0 fully saturated rings. The van der Waals surface area contributed by atoms with Gasteiger partial charge in [-0.25, -0.2) is 0 Å². The van der Waals surface area contributed by atoms with Crippen molar-refractivity contribution in [2.75, 3.05) is 0 Å². The molecular formula is C18H32O. The molecule has 0 aliphatic carbocycles. The maximum atomic E-state index is 9.59. The van der Waals surface area contributed by atoms with Crippen LogP contribution in [0.4, 0.5) is 0 Å². The number of unbranched alkanes of at least 4 members (excludes halogenated alkanes) is 6. The number of allylic oxidation sites excluding steroid dienone is 5. The average molecular weight is 264 g/mol. The Morgan fingerprint density at radius 1 is 0.895 bits per heavy atom. The molecule has 0 rings (SSSR count). The van der Waals surface area contributed by atoms with E-state index in [0.29, 0.717) is 0 Å². The smallest absolute Gasteiger partial charge is 0.0540 e. The molecule has 0 radical (unpaired) electrons. The lowest BCUT2D eigenvalue weighted by molar-refractivity contribution is 0.150. The molecule has 0 spiro atoms. The molecule has 1 atom stereocenters. The van der Waals surface area contributed by atoms with E-state index in [1.807, 2.05) is 12.2 Å². The zero-order valence-corrected chi connectivity index (χ0v) is 12.7. The summed E-state index contributed by atoms with van der Waals surface area (Å²) in [6.07, 6.45) is 22.0. The lowest BCUT2D eigenvalue weighted by atomic mass is 10.0. The predicted molar refractivity (Wildman–Crippen MR) is 86.3 cm³/mol. The molecule has 0 bridgehead atoms. The quantitative estimate of drug-likeness (QED) is 0.341. The predicted octanol–water partition coefficient (Wildman–Crippen LogP) is 5.57. The van der Waals surface area contributed by atoms with E-state index in [1.165, 1.54) is 44.9 Å². The third-order valence-electron chi connectivity index (χ3n) is 3.27. The van der Waals surface area contributed by atoms with Gasteiger partial charge in [0, 0.05) is 0 Å². The Bertz CT molecular complexity index is 240. The van der Waals surface area contributed by atoms with Gasteiger partial charge in [0.2, 0.25) is 0 Å². The summed E-state index contributed by atoms with van der Waals surface area (Å²) in [5.74, 6) is 0. The first-order valence-electron chi connectivity index (χ1n) is 7.93. The van der Waals surface area contributed by atoms with Gasteiger partial charge in [-0.1, -0.05) is 82.4 Å². The van der Waals surface area contributed by atoms with Crippen molar-refractivity contribution in [3.05, 3.63) is 37.0 Å². The second kappa shape index (κ2) is 15.2. The van der Waals surface area contributed by atoms with Gasteiger partial charge < -0.3 is 5.11 Å². The summed E-state index contributed by atoms with van der Waals surface area (Å²) in [5, 5.41) is 9.59. The normalized spacial score (nSPS) is 13.4. The van der Waals surface area contributed by atoms with Crippen LogP contribution in [0.5, 0.6) is 0 Å². The largest absolute Gasteiger partial charge is 0.393 e. The first-order chi connectivity index (χ1) is 9.31. The van der Waals surface area contributed by atoms with Crippen LogP contribution in [0.15, 0.2) is 37.0 Å². The molecule has 1 N–H and O–H groups in total. The van der Waals surface area contributed by atoms with E-state index < -0.39 is 0 Å². The van der Waals surface area contributed by atoms with Crippen molar-refractivity contribution >= 4 is 0 Å². The first-order valence-corrected chi connectivity index (χ1v) is 7.93. The minimum atomic E-state index is -0.0567. The minimum Gasteiger partial charge on any atom is -0.393 e. The molecular weight excluding hydrogens is 232 g/mol. The van der Waals surface area contributed by atoms with Crippen molar-refractivity contribution in [1.29, 1.82) is 0 Å². The fraction of sp³-hybridized carbons (Fsp3) is 0.667. The van der Waals surface area contributed by atoms with Crippen LogP contribution in [0.25, 0.3) is 0 Å². The highest BCUT2D eigenvalue weighted by atomic mass is 16.3. The lowest BCUT2D eigenvalue weighted by Gasteiger charge is -2.08. The van der Waals surface area contributed by atoms with E-state index >= 15 is 0 Å². The monoisotopic (exact) mass is 264 g/mol. The maximum absolute atomic E-state index is 9.59. The molecule has 0 amide bonds. The van der Waals surface area contributed by atoms with Crippen molar-refractivity contribution in [2.24, 2.45) is 0 Å². The molecule has 0 aromatic rings. The highest BCUT2D eigenvalue weighted by molar-refractivity contribution is 5.08. The second-order valence-corrected chi connectivity index (χ2v) is 5.19. The molecule has 0 heterocycles. The molecule has 19 heavy (non-hydrogen) atoms. The van der Waals surface area contributed by atoms with Crippen molar-refractivity contribution in [3.63, 3.8) is 0 Å². The molecule has 0 aliphatic heterocycles. The maximum Gasteiger partial charge on any atom is 0.0540 e. The Morgan fingerprint density at radius 2 is 1.58 bits per heavy atom. The van der Waals surface area contributed by atoms with Gasteiger partial charge in [-0.3, -0.25) is 0 Å². The van der Waals surface area contributed by atoms with Gasteiger partial charge in [-0.2, -0.15) is 0 Å². The Morgan fingerprint density at radius 3 is 2.26 bits per heavy atom. The fourth-order valence-corrected chi connectivity index (χ4v) is 2.14. The zero-order chi connectivity index (χ0) is 14.2. The van der Waals surface area contributed by atoms with Crippen molar-refractivity contribution in [1.82, 2.24) is 0 Å². The summed E-state index contributed by atoms with van der Waals surface area (Å²) in [4.78, 5) is 0. The van der Waals surface area contributed by atoms with Gasteiger partial charge in [0.25, 0.3) is 0 Å². The second-order valence-electron chi connectivity index (χ2n) is 5.19. The SMILES string of the molecule is C=C/C=C/C=C/CCCCCCCCC(O)CCC. The summed E-state index contributed by atoms with van der Waals surface area (Å²) in [7, 11) is 0. The van der Waals surface area contributed by atoms with Crippen molar-refractivity contribution in [2.45, 2.75) is 77.2 Å². The first kappa shape index (κ1) is 18.2. The molecule has 1 nitrogen and oxygen atoms in total. The summed E-state index contributed by atoms with van der Waals surface area (Å²) >= 11 is 0. The van der Waals surface area contributed by atoms with Crippen LogP contribution in [-0.4, -0.2) is 11.2 Å². The zero-order valence-electron chi connectivity index (χ0n) is 12.7. The standard InChI is InChI=1S/C18H32O/c1-3-5-6-7-8-9-10-11-12-13-14-15-17-18(19)16-4-2/h3,5-8,18-19H,1,4,9-17H2,2H3/b6-5+,8-7+. The third-order valence-corrected chi connectivity index (χ3v) is 3.27. The highest BCUT2D eigenvalue weighted by Gasteiger charge is 2.01. The summed E-state index contributed by atoms with van der Waals surface area (Å²) < 4.78 is 0. The Hall–Kier alpha value is -0.820. The third kappa shape index (κ3) is 15.1. The highest BCUT2D eigenvalue weighted by Crippen LogP contribution is 2.11. The molecule has 0 saturated heterocycles. The Labute approximate surface area is 120 Å². The summed E-state index contributed by atoms with van der Waals surface area (Å²) in [5.41, 5.74) is 0. The fourth-order valence-electron chi connectivity index (χ4n) is 2.14. The van der Waals surface area contributed by atoms with E-state index in [4.69, 9.17) is 0 Å². The van der Waals surface area contributed by atoms with Crippen LogP contribution in [0.3, 0.4) is 0 Å². The van der Waals surface area contributed by atoms with Crippen LogP contribution in [0.1, 0.15) is 71.1 Å². The van der Waals surface area contributed by atoms with E-state index in [-0.39, 0.29) is 6.10 Å². The number of rotatable bonds is 13. The van der Waals surface area contributed by atoms with E-state index in [9.17, 15) is 5.11 Å². The van der Waals surface area contributed by atoms with Crippen LogP contribution in [-0.2, 0) is 0 Å². The molecule has 0 aromatic carbocycles. The van der Waals surface area contributed by atoms with E-state index in [0.717, 1.165) is 19.3 Å². The molecule has 0 saturated carbocycles. The van der Waals surface area contributed by atoms with Crippen LogP contribution >= 0.6 is 0 Å². The van der Waals surface area contributed by atoms with Gasteiger partial charge >= 0.3 is 0 Å². The molecule has 0 aliphatic rings. The molecule has 1 unspecified atom stereocenters. The topological polar surface area (TPSA) is 20.2 Å². The molecule has 110 valence electrons. The Balaban J connectivity index is 3.16. The van der Waals surface area contributed by atoms with Crippen molar-refractivity contribution < 1.29 is 5.11 Å². The minimum absolute atomic E-state index is 0.0567. The van der Waals surface area contributed by atoms with Crippen LogP contribution in [0, 0.1) is 0 Å². The van der Waals surface area contributed by atoms with Gasteiger partial charge in [0.05, 0.1) is 6.10 Å². The van der Waals surface area contributed by atoms with Crippen LogP contribution in [0.2, 0.25) is 0 Å². The number of aliphatic hydroxyl groups is 1. The molecule has 0 aromatic heterocycles. The van der Waals surface area contributed by atoms with Crippen LogP contribution < -0.4 is 0 Å². The van der Waals surface area contributed by atoms with E-state index in [2.05, 4.69) is 25.7 Å². The summed E-state index contributed by atoms with van der Waals surface area (Å²) in [6, 6.07) is 0. The van der Waals surface area contributed by atoms with Gasteiger partial charge in [0.15, 0.2) is 0 Å². The van der Waals surface area contributed by atoms with Gasteiger partial charge in [-0.15, -0.1) is 0 Å². The Kier molecular flexibility index (Phi) is 14.6. The average Bonchev–Trinajstić information content (AvgIpc) is 2.40. The number of aliphatic hydroxyl groups excluding tert-OH is 1. The van der Waals surface area contributed by atoms with Crippen molar-refractivity contribution in [3.8, 4) is 0 Å². The lowest BCUT2D eigenvalue weighted by Crippen LogP contribution is -2.04. The number of hydrogen-bond acceptors (Lipinski definition) is 1. The van der Waals surface area contributed by atoms with Gasteiger partial charge in [0.1, 0.15) is 0 Å².